The summed E-state index contributed by atoms with van der Waals surface area (Å²) in [5.74, 6) is 0.255. The van der Waals surface area contributed by atoms with E-state index in [1.54, 1.807) is 9.80 Å². The number of hydrogen-bond donors (Lipinski definition) is 0. The lowest BCUT2D eigenvalue weighted by Crippen LogP contribution is -2.47. The minimum atomic E-state index is -0.250. The Morgan fingerprint density at radius 2 is 0.653 bits per heavy atom. The van der Waals surface area contributed by atoms with Gasteiger partial charge in [-0.2, -0.15) is 0 Å². The molecule has 0 saturated carbocycles. The Morgan fingerprint density at radius 1 is 0.333 bits per heavy atom. The maximum Gasteiger partial charge on any atom is 0.261 e. The Balaban J connectivity index is 1.41. The molecule has 2 heterocycles. The van der Waals surface area contributed by atoms with Crippen molar-refractivity contribution < 1.29 is 28.7 Å². The largest absolute Gasteiger partial charge is 0.493 e. The molecule has 2 aliphatic rings. The van der Waals surface area contributed by atoms with Crippen molar-refractivity contribution in [3.63, 3.8) is 0 Å². The van der Waals surface area contributed by atoms with Crippen molar-refractivity contribution in [2.75, 3.05) is 13.2 Å². The lowest BCUT2D eigenvalue weighted by atomic mass is 9.81. The summed E-state index contributed by atoms with van der Waals surface area (Å²) < 4.78 is 13.8. The molecule has 2 aliphatic heterocycles. The van der Waals surface area contributed by atoms with Crippen LogP contribution < -0.4 is 9.47 Å². The number of carbonyl (C=O) groups is 4. The molecule has 0 saturated heterocycles. The van der Waals surface area contributed by atoms with Crippen LogP contribution in [0.25, 0.3) is 43.1 Å². The van der Waals surface area contributed by atoms with E-state index >= 15 is 19.2 Å². The molecule has 8 nitrogen and oxygen atoms in total. The van der Waals surface area contributed by atoms with Gasteiger partial charge in [-0.1, -0.05) is 208 Å². The molecule has 7 rings (SSSR count). The standard InChI is InChI=1S/C64H90N2O6/c1-7-13-19-24-25-26-27-32-42-72-54-44-52-57-51(63(69)66(64(52)70)46(35-30-22-16-10-4)36-31-23-17-11-5)43-53(71-41-18-12-6)58-47-37-39-49-56-50(40-38-48(55(47)56)59(54)60(57)58)62(68)65(61(49)67)45(33-28-20-14-8-2)34-29-21-15-9-3/h37-40,43-46H,7-36,41-42H2,1-6H3. The molecule has 0 spiro atoms. The van der Waals surface area contributed by atoms with Gasteiger partial charge in [0.25, 0.3) is 23.6 Å². The Morgan fingerprint density at radius 3 is 1.04 bits per heavy atom. The quantitative estimate of drug-likeness (QED) is 0.0172. The molecule has 0 bridgehead atoms. The molecular formula is C64H90N2O6. The van der Waals surface area contributed by atoms with Crippen molar-refractivity contribution in [2.45, 2.75) is 246 Å². The molecule has 72 heavy (non-hydrogen) atoms. The number of amides is 4. The van der Waals surface area contributed by atoms with Gasteiger partial charge in [0.2, 0.25) is 0 Å². The Kier molecular flexibility index (Phi) is 21.0. The summed E-state index contributed by atoms with van der Waals surface area (Å²) in [4.78, 5) is 64.1. The molecule has 0 aliphatic carbocycles. The number of nitrogens with zero attached hydrogens (tertiary/aromatic N) is 2. The summed E-state index contributed by atoms with van der Waals surface area (Å²) in [5.41, 5.74) is 2.09. The van der Waals surface area contributed by atoms with Gasteiger partial charge in [-0.25, -0.2) is 0 Å². The molecule has 0 atom stereocenters. The zero-order valence-electron chi connectivity index (χ0n) is 45.6. The number of unbranched alkanes of at least 4 members (excludes halogenated alkanes) is 20. The molecular weight excluding hydrogens is 893 g/mol. The summed E-state index contributed by atoms with van der Waals surface area (Å²) in [6.45, 7) is 14.2. The summed E-state index contributed by atoms with van der Waals surface area (Å²) >= 11 is 0. The number of fused-ring (bicyclic) bond motifs is 2. The van der Waals surface area contributed by atoms with Gasteiger partial charge in [-0.3, -0.25) is 29.0 Å². The average Bonchev–Trinajstić information content (AvgIpc) is 3.38. The van der Waals surface area contributed by atoms with Crippen LogP contribution in [0.2, 0.25) is 0 Å². The number of carbonyl (C=O) groups excluding carboxylic acids is 4. The van der Waals surface area contributed by atoms with E-state index in [1.165, 1.54) is 32.1 Å². The molecule has 5 aromatic carbocycles. The molecule has 0 aromatic heterocycles. The summed E-state index contributed by atoms with van der Waals surface area (Å²) in [7, 11) is 0. The molecule has 0 radical (unpaired) electrons. The Labute approximate surface area is 433 Å². The number of rotatable bonds is 36. The molecule has 5 aromatic rings. The number of imide groups is 2. The average molecular weight is 983 g/mol. The first kappa shape index (κ1) is 55.0. The second-order valence-corrected chi connectivity index (χ2v) is 21.6. The zero-order chi connectivity index (χ0) is 51.0. The van der Waals surface area contributed by atoms with E-state index in [0.717, 1.165) is 193 Å². The molecule has 4 amide bonds. The Bertz CT molecular complexity index is 2550. The highest BCUT2D eigenvalue weighted by molar-refractivity contribution is 6.43. The fraction of sp³-hybridized carbons (Fsp3) is 0.625. The van der Waals surface area contributed by atoms with Crippen LogP contribution in [0.5, 0.6) is 11.5 Å². The van der Waals surface area contributed by atoms with Gasteiger partial charge in [-0.15, -0.1) is 0 Å². The van der Waals surface area contributed by atoms with Gasteiger partial charge in [0, 0.05) is 50.1 Å². The zero-order valence-corrected chi connectivity index (χ0v) is 45.6. The van der Waals surface area contributed by atoms with E-state index < -0.39 is 0 Å². The van der Waals surface area contributed by atoms with Crippen LogP contribution in [-0.4, -0.2) is 58.7 Å². The van der Waals surface area contributed by atoms with Gasteiger partial charge in [0.05, 0.1) is 24.3 Å². The van der Waals surface area contributed by atoms with Crippen molar-refractivity contribution in [1.29, 1.82) is 0 Å². The third-order valence-corrected chi connectivity index (χ3v) is 16.1. The van der Waals surface area contributed by atoms with Crippen LogP contribution in [0, 0.1) is 0 Å². The maximum absolute atomic E-state index is 15.4. The van der Waals surface area contributed by atoms with Crippen LogP contribution in [0.15, 0.2) is 36.4 Å². The predicted octanol–water partition coefficient (Wildman–Crippen LogP) is 18.2. The summed E-state index contributed by atoms with van der Waals surface area (Å²) in [6, 6.07) is 11.4. The van der Waals surface area contributed by atoms with Crippen LogP contribution in [-0.2, 0) is 0 Å². The monoisotopic (exact) mass is 983 g/mol. The predicted molar refractivity (Wildman–Crippen MR) is 300 cm³/mol. The van der Waals surface area contributed by atoms with E-state index in [0.29, 0.717) is 57.7 Å². The van der Waals surface area contributed by atoms with Crippen molar-refractivity contribution >= 4 is 66.7 Å². The van der Waals surface area contributed by atoms with Gasteiger partial charge < -0.3 is 9.47 Å². The van der Waals surface area contributed by atoms with Crippen molar-refractivity contribution in [1.82, 2.24) is 9.80 Å². The highest BCUT2D eigenvalue weighted by Crippen LogP contribution is 2.52. The van der Waals surface area contributed by atoms with Crippen LogP contribution in [0.1, 0.15) is 276 Å². The minimum Gasteiger partial charge on any atom is -0.493 e. The molecule has 0 fully saturated rings. The first-order valence-electron chi connectivity index (χ1n) is 29.6. The highest BCUT2D eigenvalue weighted by Gasteiger charge is 2.42. The smallest absolute Gasteiger partial charge is 0.261 e. The van der Waals surface area contributed by atoms with Crippen LogP contribution >= 0.6 is 0 Å². The molecule has 0 N–H and O–H groups in total. The third kappa shape index (κ3) is 12.1. The summed E-state index contributed by atoms with van der Waals surface area (Å²) in [6.07, 6.45) is 31.6. The highest BCUT2D eigenvalue weighted by atomic mass is 16.5. The van der Waals surface area contributed by atoms with Gasteiger partial charge in [0.15, 0.2) is 0 Å². The van der Waals surface area contributed by atoms with Crippen LogP contribution in [0.4, 0.5) is 0 Å². The number of ether oxygens (including phenoxy) is 2. The van der Waals surface area contributed by atoms with E-state index in [-0.39, 0.29) is 35.7 Å². The van der Waals surface area contributed by atoms with Crippen molar-refractivity contribution in [3.8, 4) is 11.5 Å². The summed E-state index contributed by atoms with van der Waals surface area (Å²) in [5, 5.41) is 6.24. The van der Waals surface area contributed by atoms with E-state index in [1.807, 2.05) is 36.4 Å². The lowest BCUT2D eigenvalue weighted by molar-refractivity contribution is 0.0501. The maximum atomic E-state index is 15.4. The van der Waals surface area contributed by atoms with E-state index in [2.05, 4.69) is 41.5 Å². The second-order valence-electron chi connectivity index (χ2n) is 21.6. The normalized spacial score (nSPS) is 13.8. The van der Waals surface area contributed by atoms with Crippen molar-refractivity contribution in [3.05, 3.63) is 58.7 Å². The molecule has 392 valence electrons. The number of benzene rings is 5. The van der Waals surface area contributed by atoms with E-state index in [4.69, 9.17) is 9.47 Å². The van der Waals surface area contributed by atoms with E-state index in [9.17, 15) is 0 Å². The molecule has 8 heteroatoms. The fourth-order valence-corrected chi connectivity index (χ4v) is 12.1. The second kappa shape index (κ2) is 27.5. The van der Waals surface area contributed by atoms with Crippen molar-refractivity contribution in [2.24, 2.45) is 0 Å². The SMILES string of the molecule is CCCCCCCCCCOc1cc2c3c(cc(OCCCC)c4c5ccc6c7c(ccc(c1c34)c75)C(=O)N(C(CCCCCC)CCCCCC)C6=O)C(=O)N(C(CCCCCC)CCCCCC)C2=O. The molecule has 0 unspecified atom stereocenters. The van der Waals surface area contributed by atoms with Gasteiger partial charge in [-0.05, 0) is 78.9 Å². The Hall–Kier alpha value is -4.72. The van der Waals surface area contributed by atoms with Crippen LogP contribution in [0.3, 0.4) is 0 Å². The first-order chi connectivity index (χ1) is 35.3. The van der Waals surface area contributed by atoms with Gasteiger partial charge >= 0.3 is 0 Å². The number of hydrogen-bond acceptors (Lipinski definition) is 6. The third-order valence-electron chi connectivity index (χ3n) is 16.1. The van der Waals surface area contributed by atoms with Gasteiger partial charge in [0.1, 0.15) is 11.5 Å². The topological polar surface area (TPSA) is 93.2 Å². The first-order valence-corrected chi connectivity index (χ1v) is 29.6. The fourth-order valence-electron chi connectivity index (χ4n) is 12.1. The lowest BCUT2D eigenvalue weighted by Gasteiger charge is -2.36. The minimum absolute atomic E-state index is 0.164.